The van der Waals surface area contributed by atoms with Crippen molar-refractivity contribution in [3.05, 3.63) is 27.4 Å². The van der Waals surface area contributed by atoms with E-state index in [0.717, 1.165) is 11.3 Å². The van der Waals surface area contributed by atoms with E-state index in [-0.39, 0.29) is 11.3 Å². The minimum absolute atomic E-state index is 0.0158. The molecule has 0 radical (unpaired) electrons. The van der Waals surface area contributed by atoms with E-state index >= 15 is 0 Å². The lowest BCUT2D eigenvalue weighted by atomic mass is 10.2. The number of aromatic carboxylic acids is 1. The molecule has 0 bridgehead atoms. The Morgan fingerprint density at radius 2 is 2.27 bits per heavy atom. The molecule has 0 saturated carbocycles. The minimum atomic E-state index is -1.10. The van der Waals surface area contributed by atoms with Gasteiger partial charge in [0.2, 0.25) is 0 Å². The normalized spacial score (nSPS) is 10.5. The van der Waals surface area contributed by atoms with Gasteiger partial charge in [0, 0.05) is 6.07 Å². The summed E-state index contributed by atoms with van der Waals surface area (Å²) in [6.45, 7) is 0. The van der Waals surface area contributed by atoms with Crippen molar-refractivity contribution < 1.29 is 19.1 Å². The zero-order valence-electron chi connectivity index (χ0n) is 7.64. The standard InChI is InChI=1S/C9H6O5S/c1-13-5-3-6-7(15-9(12)14-6)2-4(5)8(10)11/h2-3H,1H3,(H,10,11). The van der Waals surface area contributed by atoms with Crippen LogP contribution in [0.15, 0.2) is 21.3 Å². The zero-order chi connectivity index (χ0) is 11.0. The van der Waals surface area contributed by atoms with Gasteiger partial charge in [0.25, 0.3) is 0 Å². The van der Waals surface area contributed by atoms with E-state index in [2.05, 4.69) is 0 Å². The Labute approximate surface area is 87.5 Å². The maximum absolute atomic E-state index is 10.9. The van der Waals surface area contributed by atoms with Crippen LogP contribution in [0.5, 0.6) is 5.75 Å². The summed E-state index contributed by atoms with van der Waals surface area (Å²) >= 11 is 0.862. The van der Waals surface area contributed by atoms with Crippen LogP contribution in [0.25, 0.3) is 10.3 Å². The summed E-state index contributed by atoms with van der Waals surface area (Å²) in [5, 5.41) is 8.88. The van der Waals surface area contributed by atoms with Crippen LogP contribution < -0.4 is 9.68 Å². The summed E-state index contributed by atoms with van der Waals surface area (Å²) < 4.78 is 10.2. The number of fused-ring (bicyclic) bond motifs is 1. The molecular weight excluding hydrogens is 220 g/mol. The zero-order valence-corrected chi connectivity index (χ0v) is 8.46. The molecule has 0 spiro atoms. The second kappa shape index (κ2) is 3.39. The van der Waals surface area contributed by atoms with Gasteiger partial charge in [-0.15, -0.1) is 0 Å². The highest BCUT2D eigenvalue weighted by molar-refractivity contribution is 7.16. The number of ether oxygens (including phenoxy) is 1. The lowest BCUT2D eigenvalue weighted by Gasteiger charge is -2.03. The summed E-state index contributed by atoms with van der Waals surface area (Å²) in [4.78, 5) is 21.3. The van der Waals surface area contributed by atoms with Crippen LogP contribution in [0.1, 0.15) is 10.4 Å². The van der Waals surface area contributed by atoms with E-state index in [1.807, 2.05) is 0 Å². The first-order valence-electron chi connectivity index (χ1n) is 3.97. The Morgan fingerprint density at radius 3 is 2.87 bits per heavy atom. The molecule has 2 aromatic rings. The summed E-state index contributed by atoms with van der Waals surface area (Å²) in [7, 11) is 1.36. The van der Waals surface area contributed by atoms with Crippen LogP contribution in [-0.4, -0.2) is 18.2 Å². The Bertz CT molecular complexity index is 580. The van der Waals surface area contributed by atoms with E-state index in [9.17, 15) is 9.59 Å². The first-order valence-corrected chi connectivity index (χ1v) is 4.78. The van der Waals surface area contributed by atoms with Crippen molar-refractivity contribution in [3.8, 4) is 5.75 Å². The van der Waals surface area contributed by atoms with Crippen LogP contribution >= 0.6 is 11.3 Å². The van der Waals surface area contributed by atoms with E-state index < -0.39 is 10.9 Å². The molecule has 1 aromatic carbocycles. The maximum Gasteiger partial charge on any atom is 0.396 e. The Kier molecular flexibility index (Phi) is 2.20. The summed E-state index contributed by atoms with van der Waals surface area (Å²) in [5.41, 5.74) is 0.355. The monoisotopic (exact) mass is 226 g/mol. The van der Waals surface area contributed by atoms with Crippen LogP contribution in [-0.2, 0) is 0 Å². The molecule has 5 nitrogen and oxygen atoms in total. The molecule has 1 aromatic heterocycles. The Balaban J connectivity index is 2.79. The Hall–Kier alpha value is -1.82. The third kappa shape index (κ3) is 1.59. The van der Waals surface area contributed by atoms with Gasteiger partial charge in [-0.1, -0.05) is 11.3 Å². The van der Waals surface area contributed by atoms with E-state index in [1.54, 1.807) is 0 Å². The minimum Gasteiger partial charge on any atom is -0.496 e. The maximum atomic E-state index is 10.9. The van der Waals surface area contributed by atoms with Gasteiger partial charge in [0.05, 0.1) is 11.8 Å². The first kappa shape index (κ1) is 9.72. The van der Waals surface area contributed by atoms with Gasteiger partial charge in [-0.25, -0.2) is 9.59 Å². The number of hydrogen-bond acceptors (Lipinski definition) is 5. The molecule has 0 aliphatic carbocycles. The van der Waals surface area contributed by atoms with Crippen LogP contribution in [0.2, 0.25) is 0 Å². The third-order valence-corrected chi connectivity index (χ3v) is 2.67. The molecule has 0 saturated heterocycles. The predicted molar refractivity (Wildman–Crippen MR) is 53.9 cm³/mol. The number of benzene rings is 1. The van der Waals surface area contributed by atoms with Gasteiger partial charge in [0.1, 0.15) is 11.3 Å². The van der Waals surface area contributed by atoms with E-state index in [4.69, 9.17) is 14.3 Å². The van der Waals surface area contributed by atoms with Crippen molar-refractivity contribution in [2.75, 3.05) is 7.11 Å². The van der Waals surface area contributed by atoms with Gasteiger partial charge < -0.3 is 14.3 Å². The molecule has 0 atom stereocenters. The highest BCUT2D eigenvalue weighted by atomic mass is 32.1. The number of carbonyl (C=O) groups is 1. The largest absolute Gasteiger partial charge is 0.496 e. The first-order chi connectivity index (χ1) is 7.11. The SMILES string of the molecule is COc1cc2oc(=O)sc2cc1C(=O)O. The molecule has 6 heteroatoms. The number of methoxy groups -OCH3 is 1. The molecule has 0 unspecified atom stereocenters. The second-order valence-corrected chi connectivity index (χ2v) is 3.74. The van der Waals surface area contributed by atoms with Crippen LogP contribution in [0.4, 0.5) is 0 Å². The number of hydrogen-bond donors (Lipinski definition) is 1. The molecule has 78 valence electrons. The highest BCUT2D eigenvalue weighted by Crippen LogP contribution is 2.27. The Morgan fingerprint density at radius 1 is 1.53 bits per heavy atom. The fourth-order valence-corrected chi connectivity index (χ4v) is 1.93. The molecule has 15 heavy (non-hydrogen) atoms. The van der Waals surface area contributed by atoms with Crippen molar-refractivity contribution in [2.45, 2.75) is 0 Å². The third-order valence-electron chi connectivity index (χ3n) is 1.88. The van der Waals surface area contributed by atoms with Crippen molar-refractivity contribution in [3.63, 3.8) is 0 Å². The number of carboxylic acid groups (broad SMARTS) is 1. The number of rotatable bonds is 2. The van der Waals surface area contributed by atoms with Crippen molar-refractivity contribution in [2.24, 2.45) is 0 Å². The van der Waals surface area contributed by atoms with Crippen LogP contribution in [0.3, 0.4) is 0 Å². The van der Waals surface area contributed by atoms with Gasteiger partial charge >= 0.3 is 10.9 Å². The predicted octanol–water partition coefficient (Wildman–Crippen LogP) is 1.56. The molecule has 0 aliphatic heterocycles. The second-order valence-electron chi connectivity index (χ2n) is 2.76. The summed E-state index contributed by atoms with van der Waals surface area (Å²) in [6, 6.07) is 2.77. The fourth-order valence-electron chi connectivity index (χ4n) is 1.24. The van der Waals surface area contributed by atoms with Crippen molar-refractivity contribution >= 4 is 27.6 Å². The van der Waals surface area contributed by atoms with Crippen molar-refractivity contribution in [1.82, 2.24) is 0 Å². The molecule has 1 heterocycles. The summed E-state index contributed by atoms with van der Waals surface area (Å²) in [6.07, 6.45) is 0. The quantitative estimate of drug-likeness (QED) is 0.840. The van der Waals surface area contributed by atoms with Crippen LogP contribution in [0, 0.1) is 0 Å². The number of carboxylic acids is 1. The average Bonchev–Trinajstić information content (AvgIpc) is 2.54. The molecule has 0 fully saturated rings. The van der Waals surface area contributed by atoms with E-state index in [0.29, 0.717) is 10.3 Å². The average molecular weight is 226 g/mol. The van der Waals surface area contributed by atoms with Gasteiger partial charge in [-0.3, -0.25) is 0 Å². The fraction of sp³-hybridized carbons (Fsp3) is 0.111. The van der Waals surface area contributed by atoms with Crippen molar-refractivity contribution in [1.29, 1.82) is 0 Å². The topological polar surface area (TPSA) is 76.7 Å². The lowest BCUT2D eigenvalue weighted by Crippen LogP contribution is -1.99. The molecule has 1 N–H and O–H groups in total. The van der Waals surface area contributed by atoms with E-state index in [1.165, 1.54) is 19.2 Å². The lowest BCUT2D eigenvalue weighted by molar-refractivity contribution is 0.0693. The van der Waals surface area contributed by atoms with Gasteiger partial charge in [0.15, 0.2) is 5.58 Å². The molecular formula is C9H6O5S. The summed E-state index contributed by atoms with van der Waals surface area (Å²) in [5.74, 6) is -0.925. The van der Waals surface area contributed by atoms with Gasteiger partial charge in [-0.2, -0.15) is 0 Å². The van der Waals surface area contributed by atoms with Gasteiger partial charge in [-0.05, 0) is 6.07 Å². The highest BCUT2D eigenvalue weighted by Gasteiger charge is 2.14. The molecule has 0 amide bonds. The molecule has 2 rings (SSSR count). The smallest absolute Gasteiger partial charge is 0.396 e. The molecule has 0 aliphatic rings.